The molecule has 4 N–H and O–H groups in total. The molecule has 1 amide bonds. The number of aliphatic hydroxyl groups is 1. The van der Waals surface area contributed by atoms with Crippen LogP contribution in [0.25, 0.3) is 0 Å². The van der Waals surface area contributed by atoms with E-state index < -0.39 is 6.10 Å². The molecule has 1 unspecified atom stereocenters. The van der Waals surface area contributed by atoms with E-state index in [-0.39, 0.29) is 11.8 Å². The highest BCUT2D eigenvalue weighted by atomic mass is 16.3. The maximum absolute atomic E-state index is 11.8. The van der Waals surface area contributed by atoms with Gasteiger partial charge in [0.25, 0.3) is 0 Å². The second kappa shape index (κ2) is 11.5. The Morgan fingerprint density at radius 1 is 1.19 bits per heavy atom. The van der Waals surface area contributed by atoms with E-state index in [0.29, 0.717) is 26.1 Å². The molecule has 0 spiro atoms. The van der Waals surface area contributed by atoms with Gasteiger partial charge in [-0.2, -0.15) is 0 Å². The second-order valence-electron chi connectivity index (χ2n) is 6.67. The van der Waals surface area contributed by atoms with Crippen molar-refractivity contribution in [2.24, 2.45) is 10.9 Å². The van der Waals surface area contributed by atoms with Crippen LogP contribution in [0.5, 0.6) is 0 Å². The fourth-order valence-corrected chi connectivity index (χ4v) is 2.81. The number of hydrogen-bond acceptors (Lipinski definition) is 3. The van der Waals surface area contributed by atoms with E-state index in [2.05, 4.69) is 20.9 Å². The SMILES string of the molecule is CCNC(=NCCCNC(=O)C1CCC1)NCCC(O)c1ccccc1. The molecule has 0 radical (unpaired) electrons. The Morgan fingerprint density at radius 2 is 1.96 bits per heavy atom. The highest BCUT2D eigenvalue weighted by Crippen LogP contribution is 2.26. The van der Waals surface area contributed by atoms with Gasteiger partial charge in [-0.05, 0) is 38.2 Å². The van der Waals surface area contributed by atoms with Crippen LogP contribution in [-0.2, 0) is 4.79 Å². The molecule has 26 heavy (non-hydrogen) atoms. The number of rotatable bonds is 10. The van der Waals surface area contributed by atoms with Crippen molar-refractivity contribution in [1.82, 2.24) is 16.0 Å². The highest BCUT2D eigenvalue weighted by molar-refractivity contribution is 5.80. The van der Waals surface area contributed by atoms with Gasteiger partial charge in [-0.3, -0.25) is 9.79 Å². The number of hydrogen-bond donors (Lipinski definition) is 4. The predicted molar refractivity (Wildman–Crippen MR) is 105 cm³/mol. The van der Waals surface area contributed by atoms with Gasteiger partial charge >= 0.3 is 0 Å². The molecule has 1 aromatic rings. The Hall–Kier alpha value is -2.08. The Kier molecular flexibility index (Phi) is 8.96. The lowest BCUT2D eigenvalue weighted by molar-refractivity contribution is -0.127. The summed E-state index contributed by atoms with van der Waals surface area (Å²) in [4.78, 5) is 16.3. The largest absolute Gasteiger partial charge is 0.388 e. The van der Waals surface area contributed by atoms with Crippen LogP contribution in [0.2, 0.25) is 0 Å². The molecule has 6 nitrogen and oxygen atoms in total. The molecular formula is C20H32N4O2. The maximum atomic E-state index is 11.8. The first-order chi connectivity index (χ1) is 12.7. The molecule has 6 heteroatoms. The number of guanidine groups is 1. The van der Waals surface area contributed by atoms with E-state index in [1.165, 1.54) is 6.42 Å². The first-order valence-corrected chi connectivity index (χ1v) is 9.73. The lowest BCUT2D eigenvalue weighted by Gasteiger charge is -2.23. The van der Waals surface area contributed by atoms with Crippen molar-refractivity contribution in [2.45, 2.75) is 45.1 Å². The fraction of sp³-hybridized carbons (Fsp3) is 0.600. The summed E-state index contributed by atoms with van der Waals surface area (Å²) in [6.45, 7) is 4.77. The first kappa shape index (κ1) is 20.2. The lowest BCUT2D eigenvalue weighted by Crippen LogP contribution is -2.38. The Morgan fingerprint density at radius 3 is 2.62 bits per heavy atom. The minimum Gasteiger partial charge on any atom is -0.388 e. The number of carbonyl (C=O) groups excluding carboxylic acids is 1. The maximum Gasteiger partial charge on any atom is 0.223 e. The second-order valence-corrected chi connectivity index (χ2v) is 6.67. The van der Waals surface area contributed by atoms with Crippen molar-refractivity contribution in [3.8, 4) is 0 Å². The van der Waals surface area contributed by atoms with Crippen LogP contribution < -0.4 is 16.0 Å². The summed E-state index contributed by atoms with van der Waals surface area (Å²) in [5.41, 5.74) is 0.929. The van der Waals surface area contributed by atoms with Gasteiger partial charge in [-0.15, -0.1) is 0 Å². The molecular weight excluding hydrogens is 328 g/mol. The molecule has 1 saturated carbocycles. The van der Waals surface area contributed by atoms with E-state index in [4.69, 9.17) is 0 Å². The van der Waals surface area contributed by atoms with Crippen molar-refractivity contribution >= 4 is 11.9 Å². The van der Waals surface area contributed by atoms with E-state index in [0.717, 1.165) is 37.3 Å². The number of aliphatic imine (C=N–C) groups is 1. The fourth-order valence-electron chi connectivity index (χ4n) is 2.81. The standard InChI is InChI=1S/C20H32N4O2/c1-2-21-20(23-14-7-13-22-19(26)17-10-6-11-17)24-15-12-18(25)16-8-4-3-5-9-16/h3-5,8-9,17-18,25H,2,6-7,10-15H2,1H3,(H,22,26)(H2,21,23,24). The Labute approximate surface area is 156 Å². The number of carbonyl (C=O) groups is 1. The minimum atomic E-state index is -0.478. The zero-order valence-electron chi connectivity index (χ0n) is 15.7. The predicted octanol–water partition coefficient (Wildman–Crippen LogP) is 1.97. The molecule has 0 saturated heterocycles. The van der Waals surface area contributed by atoms with Crippen LogP contribution in [0.4, 0.5) is 0 Å². The smallest absolute Gasteiger partial charge is 0.223 e. The van der Waals surface area contributed by atoms with Crippen LogP contribution in [0, 0.1) is 5.92 Å². The molecule has 1 aliphatic carbocycles. The van der Waals surface area contributed by atoms with Gasteiger partial charge in [0.05, 0.1) is 6.10 Å². The molecule has 0 aromatic heterocycles. The molecule has 0 aliphatic heterocycles. The molecule has 0 heterocycles. The number of aliphatic hydroxyl groups excluding tert-OH is 1. The van der Waals surface area contributed by atoms with Crippen molar-refractivity contribution in [2.75, 3.05) is 26.2 Å². The number of nitrogens with one attached hydrogen (secondary N) is 3. The van der Waals surface area contributed by atoms with Crippen LogP contribution in [-0.4, -0.2) is 43.2 Å². The van der Waals surface area contributed by atoms with Crippen LogP contribution in [0.15, 0.2) is 35.3 Å². The van der Waals surface area contributed by atoms with Gasteiger partial charge in [0.2, 0.25) is 5.91 Å². The van der Waals surface area contributed by atoms with E-state index >= 15 is 0 Å². The molecule has 1 atom stereocenters. The van der Waals surface area contributed by atoms with Gasteiger partial charge in [-0.1, -0.05) is 36.8 Å². The van der Waals surface area contributed by atoms with Gasteiger partial charge in [-0.25, -0.2) is 0 Å². The summed E-state index contributed by atoms with van der Waals surface area (Å²) < 4.78 is 0. The number of amides is 1. The molecule has 1 fully saturated rings. The molecule has 1 aromatic carbocycles. The van der Waals surface area contributed by atoms with E-state index in [1.807, 2.05) is 37.3 Å². The number of nitrogens with zero attached hydrogens (tertiary/aromatic N) is 1. The normalized spacial score (nSPS) is 15.8. The monoisotopic (exact) mass is 360 g/mol. The van der Waals surface area contributed by atoms with Gasteiger partial charge in [0.1, 0.15) is 0 Å². The zero-order chi connectivity index (χ0) is 18.6. The topological polar surface area (TPSA) is 85.8 Å². The lowest BCUT2D eigenvalue weighted by atomic mass is 9.85. The van der Waals surface area contributed by atoms with Crippen LogP contribution in [0.3, 0.4) is 0 Å². The Bertz CT molecular complexity index is 558. The highest BCUT2D eigenvalue weighted by Gasteiger charge is 2.24. The average molecular weight is 361 g/mol. The third-order valence-electron chi connectivity index (χ3n) is 4.62. The van der Waals surface area contributed by atoms with E-state index in [9.17, 15) is 9.90 Å². The first-order valence-electron chi connectivity index (χ1n) is 9.73. The third kappa shape index (κ3) is 7.04. The summed E-state index contributed by atoms with van der Waals surface area (Å²) in [5, 5.41) is 19.6. The minimum absolute atomic E-state index is 0.195. The zero-order valence-corrected chi connectivity index (χ0v) is 15.7. The third-order valence-corrected chi connectivity index (χ3v) is 4.62. The molecule has 1 aliphatic rings. The summed E-state index contributed by atoms with van der Waals surface area (Å²) >= 11 is 0. The van der Waals surface area contributed by atoms with Crippen molar-refractivity contribution in [1.29, 1.82) is 0 Å². The van der Waals surface area contributed by atoms with Crippen molar-refractivity contribution in [3.63, 3.8) is 0 Å². The van der Waals surface area contributed by atoms with Gasteiger partial charge in [0, 0.05) is 32.1 Å². The summed E-state index contributed by atoms with van der Waals surface area (Å²) in [7, 11) is 0. The summed E-state index contributed by atoms with van der Waals surface area (Å²) in [6.07, 6.45) is 4.21. The number of benzene rings is 1. The van der Waals surface area contributed by atoms with Crippen molar-refractivity contribution < 1.29 is 9.90 Å². The Balaban J connectivity index is 1.63. The van der Waals surface area contributed by atoms with E-state index in [1.54, 1.807) is 0 Å². The van der Waals surface area contributed by atoms with Crippen LogP contribution >= 0.6 is 0 Å². The average Bonchev–Trinajstić information content (AvgIpc) is 2.60. The van der Waals surface area contributed by atoms with Gasteiger partial charge in [0.15, 0.2) is 5.96 Å². The van der Waals surface area contributed by atoms with Crippen LogP contribution in [0.1, 0.15) is 50.7 Å². The summed E-state index contributed by atoms with van der Waals surface area (Å²) in [6, 6.07) is 9.67. The molecule has 2 rings (SSSR count). The van der Waals surface area contributed by atoms with Gasteiger partial charge < -0.3 is 21.1 Å². The molecule has 144 valence electrons. The quantitative estimate of drug-likeness (QED) is 0.292. The summed E-state index contributed by atoms with van der Waals surface area (Å²) in [5.74, 6) is 1.19. The molecule has 0 bridgehead atoms. The van der Waals surface area contributed by atoms with Crippen molar-refractivity contribution in [3.05, 3.63) is 35.9 Å².